The minimum absolute atomic E-state index is 0.0212. The Morgan fingerprint density at radius 1 is 1.42 bits per heavy atom. The summed E-state index contributed by atoms with van der Waals surface area (Å²) in [6.07, 6.45) is 2.47. The molecule has 1 atom stereocenters. The Labute approximate surface area is 143 Å². The third kappa shape index (κ3) is 3.57. The van der Waals surface area contributed by atoms with Gasteiger partial charge in [0.15, 0.2) is 9.84 Å². The van der Waals surface area contributed by atoms with E-state index >= 15 is 0 Å². The number of likely N-dealkylation sites (N-methyl/N-ethyl adjacent to an activating group) is 1. The lowest BCUT2D eigenvalue weighted by atomic mass is 10.0. The summed E-state index contributed by atoms with van der Waals surface area (Å²) < 4.78 is 28.5. The topological polar surface area (TPSA) is 66.9 Å². The molecule has 0 aliphatic carbocycles. The molecule has 0 radical (unpaired) electrons. The van der Waals surface area contributed by atoms with Crippen molar-refractivity contribution in [1.82, 2.24) is 4.90 Å². The molecule has 0 spiro atoms. The number of sulfone groups is 1. The number of hydrogen-bond acceptors (Lipinski definition) is 5. The first-order valence-electron chi connectivity index (χ1n) is 8.27. The Morgan fingerprint density at radius 3 is 2.88 bits per heavy atom. The molecule has 1 fully saturated rings. The zero-order valence-corrected chi connectivity index (χ0v) is 15.0. The fourth-order valence-corrected chi connectivity index (χ4v) is 5.32. The molecule has 1 aromatic carbocycles. The van der Waals surface area contributed by atoms with Crippen LogP contribution in [0.5, 0.6) is 5.75 Å². The lowest BCUT2D eigenvalue weighted by Gasteiger charge is -2.32. The minimum atomic E-state index is -2.94. The molecule has 2 aliphatic rings. The number of rotatable bonds is 4. The molecule has 2 heterocycles. The second-order valence-electron chi connectivity index (χ2n) is 6.62. The van der Waals surface area contributed by atoms with Crippen molar-refractivity contribution in [3.8, 4) is 5.75 Å². The highest BCUT2D eigenvalue weighted by Crippen LogP contribution is 2.30. The molecule has 3 rings (SSSR count). The molecule has 1 aromatic rings. The SMILES string of the molecule is COc1ccc2c(c1)CCCN2C(=O)CN(C)C1CCS(=O)(=O)C1. The zero-order chi connectivity index (χ0) is 17.3. The molecule has 24 heavy (non-hydrogen) atoms. The van der Waals surface area contributed by atoms with Crippen molar-refractivity contribution in [3.05, 3.63) is 23.8 Å². The van der Waals surface area contributed by atoms with E-state index in [2.05, 4.69) is 0 Å². The number of anilines is 1. The fourth-order valence-electron chi connectivity index (χ4n) is 3.51. The summed E-state index contributed by atoms with van der Waals surface area (Å²) in [6, 6.07) is 5.74. The second kappa shape index (κ2) is 6.72. The molecule has 6 nitrogen and oxygen atoms in total. The normalized spacial score (nSPS) is 22.5. The highest BCUT2D eigenvalue weighted by atomic mass is 32.2. The molecule has 0 saturated carbocycles. The smallest absolute Gasteiger partial charge is 0.241 e. The van der Waals surface area contributed by atoms with Crippen LogP contribution in [0.15, 0.2) is 18.2 Å². The van der Waals surface area contributed by atoms with Gasteiger partial charge in [0.25, 0.3) is 0 Å². The van der Waals surface area contributed by atoms with Gasteiger partial charge < -0.3 is 9.64 Å². The van der Waals surface area contributed by atoms with Crippen LogP contribution in [0.4, 0.5) is 5.69 Å². The lowest BCUT2D eigenvalue weighted by Crippen LogP contribution is -2.45. The van der Waals surface area contributed by atoms with E-state index in [0.29, 0.717) is 13.0 Å². The molecular weight excluding hydrogens is 328 g/mol. The minimum Gasteiger partial charge on any atom is -0.497 e. The monoisotopic (exact) mass is 352 g/mol. The van der Waals surface area contributed by atoms with Crippen LogP contribution in [0.3, 0.4) is 0 Å². The molecule has 2 aliphatic heterocycles. The van der Waals surface area contributed by atoms with Crippen molar-refractivity contribution in [2.45, 2.75) is 25.3 Å². The van der Waals surface area contributed by atoms with E-state index in [1.807, 2.05) is 35.0 Å². The van der Waals surface area contributed by atoms with Crippen molar-refractivity contribution in [2.75, 3.05) is 43.7 Å². The lowest BCUT2D eigenvalue weighted by molar-refractivity contribution is -0.119. The van der Waals surface area contributed by atoms with Crippen LogP contribution in [-0.4, -0.2) is 64.0 Å². The standard InChI is InChI=1S/C17H24N2O4S/c1-18(14-7-9-24(21,22)12-14)11-17(20)19-8-3-4-13-10-15(23-2)5-6-16(13)19/h5-6,10,14H,3-4,7-9,11-12H2,1-2H3. The summed E-state index contributed by atoms with van der Waals surface area (Å²) in [5, 5.41) is 0. The predicted octanol–water partition coefficient (Wildman–Crippen LogP) is 1.09. The first-order valence-corrected chi connectivity index (χ1v) is 10.1. The third-order valence-corrected chi connectivity index (χ3v) is 6.67. The van der Waals surface area contributed by atoms with Crippen molar-refractivity contribution < 1.29 is 17.9 Å². The van der Waals surface area contributed by atoms with Gasteiger partial charge in [-0.15, -0.1) is 0 Å². The number of fused-ring (bicyclic) bond motifs is 1. The van der Waals surface area contributed by atoms with Gasteiger partial charge in [0.1, 0.15) is 5.75 Å². The van der Waals surface area contributed by atoms with Gasteiger partial charge in [0.2, 0.25) is 5.91 Å². The highest BCUT2D eigenvalue weighted by molar-refractivity contribution is 7.91. The number of carbonyl (C=O) groups is 1. The summed E-state index contributed by atoms with van der Waals surface area (Å²) >= 11 is 0. The van der Waals surface area contributed by atoms with Gasteiger partial charge in [-0.2, -0.15) is 0 Å². The van der Waals surface area contributed by atoms with Crippen LogP contribution in [-0.2, 0) is 21.1 Å². The number of aryl methyl sites for hydroxylation is 1. The predicted molar refractivity (Wildman–Crippen MR) is 93.4 cm³/mol. The van der Waals surface area contributed by atoms with Crippen LogP contribution in [0.2, 0.25) is 0 Å². The first-order chi connectivity index (χ1) is 11.4. The molecule has 0 aromatic heterocycles. The van der Waals surface area contributed by atoms with Crippen molar-refractivity contribution in [2.24, 2.45) is 0 Å². The number of hydrogen-bond donors (Lipinski definition) is 0. The Bertz CT molecular complexity index is 732. The van der Waals surface area contributed by atoms with Gasteiger partial charge in [-0.3, -0.25) is 9.69 Å². The summed E-state index contributed by atoms with van der Waals surface area (Å²) in [5.41, 5.74) is 2.07. The van der Waals surface area contributed by atoms with Gasteiger partial charge in [-0.1, -0.05) is 0 Å². The van der Waals surface area contributed by atoms with Crippen LogP contribution in [0, 0.1) is 0 Å². The van der Waals surface area contributed by atoms with Crippen molar-refractivity contribution in [1.29, 1.82) is 0 Å². The average Bonchev–Trinajstić information content (AvgIpc) is 2.93. The number of benzene rings is 1. The molecular formula is C17H24N2O4S. The van der Waals surface area contributed by atoms with E-state index in [0.717, 1.165) is 29.8 Å². The fraction of sp³-hybridized carbons (Fsp3) is 0.588. The van der Waals surface area contributed by atoms with Gasteiger partial charge in [0.05, 0.1) is 25.2 Å². The molecule has 1 amide bonds. The number of methoxy groups -OCH3 is 1. The molecule has 7 heteroatoms. The molecule has 0 bridgehead atoms. The zero-order valence-electron chi connectivity index (χ0n) is 14.2. The molecule has 0 N–H and O–H groups in total. The Hall–Kier alpha value is -1.60. The van der Waals surface area contributed by atoms with Crippen LogP contribution >= 0.6 is 0 Å². The quantitative estimate of drug-likeness (QED) is 0.812. The average molecular weight is 352 g/mol. The second-order valence-corrected chi connectivity index (χ2v) is 8.84. The highest BCUT2D eigenvalue weighted by Gasteiger charge is 2.32. The largest absolute Gasteiger partial charge is 0.497 e. The summed E-state index contributed by atoms with van der Waals surface area (Å²) in [5.74, 6) is 1.21. The van der Waals surface area contributed by atoms with Crippen LogP contribution in [0.1, 0.15) is 18.4 Å². The number of carbonyl (C=O) groups excluding carboxylic acids is 1. The first kappa shape index (κ1) is 17.2. The van der Waals surface area contributed by atoms with E-state index < -0.39 is 9.84 Å². The Kier molecular flexibility index (Phi) is 4.83. The Morgan fingerprint density at radius 2 is 2.21 bits per heavy atom. The van der Waals surface area contributed by atoms with Crippen molar-refractivity contribution >= 4 is 21.4 Å². The van der Waals surface area contributed by atoms with E-state index in [1.54, 1.807) is 7.11 Å². The summed E-state index contributed by atoms with van der Waals surface area (Å²) in [7, 11) is 0.535. The van der Waals surface area contributed by atoms with E-state index in [4.69, 9.17) is 4.74 Å². The van der Waals surface area contributed by atoms with Crippen LogP contribution in [0.25, 0.3) is 0 Å². The van der Waals surface area contributed by atoms with E-state index in [1.165, 1.54) is 0 Å². The summed E-state index contributed by atoms with van der Waals surface area (Å²) in [6.45, 7) is 0.945. The summed E-state index contributed by atoms with van der Waals surface area (Å²) in [4.78, 5) is 16.4. The van der Waals surface area contributed by atoms with Crippen molar-refractivity contribution in [3.63, 3.8) is 0 Å². The van der Waals surface area contributed by atoms with E-state index in [-0.39, 0.29) is 30.0 Å². The third-order valence-electron chi connectivity index (χ3n) is 4.92. The van der Waals surface area contributed by atoms with E-state index in [9.17, 15) is 13.2 Å². The molecule has 132 valence electrons. The maximum absolute atomic E-state index is 12.7. The van der Waals surface area contributed by atoms with Crippen LogP contribution < -0.4 is 9.64 Å². The van der Waals surface area contributed by atoms with Gasteiger partial charge in [-0.25, -0.2) is 8.42 Å². The molecule has 1 unspecified atom stereocenters. The Balaban J connectivity index is 1.70. The van der Waals surface area contributed by atoms with Gasteiger partial charge >= 0.3 is 0 Å². The molecule has 1 saturated heterocycles. The number of nitrogens with zero attached hydrogens (tertiary/aromatic N) is 2. The number of amides is 1. The maximum atomic E-state index is 12.7. The van der Waals surface area contributed by atoms with Gasteiger partial charge in [-0.05, 0) is 50.1 Å². The maximum Gasteiger partial charge on any atom is 0.241 e. The van der Waals surface area contributed by atoms with Gasteiger partial charge in [0, 0.05) is 18.3 Å². The number of ether oxygens (including phenoxy) is 1.